The van der Waals surface area contributed by atoms with E-state index in [0.717, 1.165) is 8.66 Å². The number of nitrogens with one attached hydrogen (secondary N) is 1. The lowest BCUT2D eigenvalue weighted by Crippen LogP contribution is -2.61. The van der Waals surface area contributed by atoms with Crippen molar-refractivity contribution < 1.29 is 9.59 Å². The number of hydrogen-bond donors (Lipinski definition) is 1. The van der Waals surface area contributed by atoms with Gasteiger partial charge in [-0.05, 0) is 41.4 Å². The first-order valence-corrected chi connectivity index (χ1v) is 7.49. The highest BCUT2D eigenvalue weighted by atomic mass is 79.9. The van der Waals surface area contributed by atoms with Gasteiger partial charge in [0.2, 0.25) is 11.8 Å². The van der Waals surface area contributed by atoms with E-state index in [2.05, 4.69) is 21.2 Å². The molecule has 2 unspecified atom stereocenters. The van der Waals surface area contributed by atoms with Gasteiger partial charge in [0.25, 0.3) is 0 Å². The van der Waals surface area contributed by atoms with Gasteiger partial charge < -0.3 is 10.2 Å². The molecule has 2 rings (SSSR count). The predicted molar refractivity (Wildman–Crippen MR) is 74.3 cm³/mol. The second-order valence-corrected chi connectivity index (χ2v) is 6.87. The summed E-state index contributed by atoms with van der Waals surface area (Å²) in [6.45, 7) is 4.15. The van der Waals surface area contributed by atoms with Crippen LogP contribution in [0.2, 0.25) is 0 Å². The van der Waals surface area contributed by atoms with Crippen molar-refractivity contribution in [1.82, 2.24) is 10.2 Å². The maximum atomic E-state index is 12.2. The molecular formula is C12H15BrN2O2S. The fourth-order valence-corrected chi connectivity index (χ4v) is 3.60. The first-order chi connectivity index (χ1) is 8.52. The number of piperazine rings is 1. The summed E-state index contributed by atoms with van der Waals surface area (Å²) in [5.41, 5.74) is 0. The highest BCUT2D eigenvalue weighted by Gasteiger charge is 2.37. The third kappa shape index (κ3) is 2.59. The van der Waals surface area contributed by atoms with Crippen molar-refractivity contribution in [3.63, 3.8) is 0 Å². The van der Waals surface area contributed by atoms with Crippen LogP contribution in [0.4, 0.5) is 0 Å². The smallest absolute Gasteiger partial charge is 0.245 e. The van der Waals surface area contributed by atoms with Crippen molar-refractivity contribution in [2.45, 2.75) is 38.9 Å². The highest BCUT2D eigenvalue weighted by molar-refractivity contribution is 9.11. The zero-order valence-electron chi connectivity index (χ0n) is 10.3. The Morgan fingerprint density at radius 2 is 2.17 bits per heavy atom. The number of carbonyl (C=O) groups is 2. The van der Waals surface area contributed by atoms with E-state index in [4.69, 9.17) is 0 Å². The number of amides is 2. The van der Waals surface area contributed by atoms with Gasteiger partial charge in [0.15, 0.2) is 0 Å². The SMILES string of the molecule is CCC1C(=O)NC(C)C(=O)N1Cc1ccc(Br)s1. The van der Waals surface area contributed by atoms with E-state index in [0.29, 0.717) is 13.0 Å². The van der Waals surface area contributed by atoms with Crippen molar-refractivity contribution >= 4 is 39.1 Å². The number of nitrogens with zero attached hydrogens (tertiary/aromatic N) is 1. The van der Waals surface area contributed by atoms with Crippen LogP contribution in [0.5, 0.6) is 0 Å². The Morgan fingerprint density at radius 3 is 2.72 bits per heavy atom. The van der Waals surface area contributed by atoms with Crippen molar-refractivity contribution in [2.24, 2.45) is 0 Å². The largest absolute Gasteiger partial charge is 0.343 e. The molecule has 1 aromatic heterocycles. The number of hydrogen-bond acceptors (Lipinski definition) is 3. The van der Waals surface area contributed by atoms with Gasteiger partial charge >= 0.3 is 0 Å². The van der Waals surface area contributed by atoms with Gasteiger partial charge in [-0.15, -0.1) is 11.3 Å². The van der Waals surface area contributed by atoms with Crippen LogP contribution in [0.3, 0.4) is 0 Å². The van der Waals surface area contributed by atoms with Crippen LogP contribution >= 0.6 is 27.3 Å². The van der Waals surface area contributed by atoms with E-state index >= 15 is 0 Å². The van der Waals surface area contributed by atoms with Gasteiger partial charge in [0, 0.05) is 4.88 Å². The monoisotopic (exact) mass is 330 g/mol. The van der Waals surface area contributed by atoms with Gasteiger partial charge in [0.05, 0.1) is 10.3 Å². The molecule has 2 heterocycles. The standard InChI is InChI=1S/C12H15BrN2O2S/c1-3-9-11(16)14-7(2)12(17)15(9)6-8-4-5-10(13)18-8/h4-5,7,9H,3,6H2,1-2H3,(H,14,16). The van der Waals surface area contributed by atoms with Crippen LogP contribution in [0.1, 0.15) is 25.1 Å². The first-order valence-electron chi connectivity index (χ1n) is 5.88. The molecule has 0 radical (unpaired) electrons. The van der Waals surface area contributed by atoms with E-state index in [1.807, 2.05) is 19.1 Å². The lowest BCUT2D eigenvalue weighted by Gasteiger charge is -2.37. The molecule has 1 aliphatic heterocycles. The topological polar surface area (TPSA) is 49.4 Å². The quantitative estimate of drug-likeness (QED) is 0.923. The maximum absolute atomic E-state index is 12.2. The van der Waals surface area contributed by atoms with Gasteiger partial charge in [-0.25, -0.2) is 0 Å². The lowest BCUT2D eigenvalue weighted by atomic mass is 10.1. The summed E-state index contributed by atoms with van der Waals surface area (Å²) >= 11 is 4.99. The second-order valence-electron chi connectivity index (χ2n) is 4.33. The van der Waals surface area contributed by atoms with Crippen molar-refractivity contribution in [2.75, 3.05) is 0 Å². The Bertz CT molecular complexity index is 474. The number of rotatable bonds is 3. The molecule has 0 spiro atoms. The van der Waals surface area contributed by atoms with Crippen LogP contribution in [0.15, 0.2) is 15.9 Å². The lowest BCUT2D eigenvalue weighted by molar-refractivity contribution is -0.149. The summed E-state index contributed by atoms with van der Waals surface area (Å²) in [6, 6.07) is 3.16. The Labute approximate surface area is 118 Å². The zero-order valence-corrected chi connectivity index (χ0v) is 12.7. The van der Waals surface area contributed by atoms with Crippen LogP contribution in [0.25, 0.3) is 0 Å². The minimum atomic E-state index is -0.427. The van der Waals surface area contributed by atoms with Gasteiger partial charge in [-0.1, -0.05) is 6.92 Å². The molecule has 0 bridgehead atoms. The van der Waals surface area contributed by atoms with E-state index < -0.39 is 6.04 Å². The fraction of sp³-hybridized carbons (Fsp3) is 0.500. The Balaban J connectivity index is 2.20. The molecule has 1 saturated heterocycles. The molecule has 0 aromatic carbocycles. The van der Waals surface area contributed by atoms with Crippen LogP contribution in [0, 0.1) is 0 Å². The van der Waals surface area contributed by atoms with Gasteiger partial charge in [-0.2, -0.15) is 0 Å². The zero-order chi connectivity index (χ0) is 13.3. The fourth-order valence-electron chi connectivity index (χ4n) is 2.11. The van der Waals surface area contributed by atoms with E-state index in [1.165, 1.54) is 0 Å². The van der Waals surface area contributed by atoms with Crippen LogP contribution < -0.4 is 5.32 Å². The minimum Gasteiger partial charge on any atom is -0.343 e. The predicted octanol–water partition coefficient (Wildman–Crippen LogP) is 2.14. The second kappa shape index (κ2) is 5.40. The summed E-state index contributed by atoms with van der Waals surface area (Å²) in [5, 5.41) is 2.71. The minimum absolute atomic E-state index is 0.00836. The summed E-state index contributed by atoms with van der Waals surface area (Å²) in [6.07, 6.45) is 0.636. The third-order valence-electron chi connectivity index (χ3n) is 3.03. The van der Waals surface area contributed by atoms with Gasteiger partial charge in [-0.3, -0.25) is 9.59 Å². The van der Waals surface area contributed by atoms with E-state index in [1.54, 1.807) is 23.2 Å². The van der Waals surface area contributed by atoms with Crippen LogP contribution in [-0.2, 0) is 16.1 Å². The van der Waals surface area contributed by atoms with Crippen molar-refractivity contribution in [3.8, 4) is 0 Å². The molecule has 0 aliphatic carbocycles. The number of halogens is 1. The summed E-state index contributed by atoms with van der Waals surface area (Å²) in [4.78, 5) is 26.8. The average Bonchev–Trinajstić information content (AvgIpc) is 2.72. The summed E-state index contributed by atoms with van der Waals surface area (Å²) < 4.78 is 1.03. The summed E-state index contributed by atoms with van der Waals surface area (Å²) in [5.74, 6) is -0.0637. The Kier molecular flexibility index (Phi) is 4.07. The molecule has 1 N–H and O–H groups in total. The third-order valence-corrected chi connectivity index (χ3v) is 4.64. The van der Waals surface area contributed by atoms with E-state index in [9.17, 15) is 9.59 Å². The summed E-state index contributed by atoms with van der Waals surface area (Å²) in [7, 11) is 0. The molecule has 0 saturated carbocycles. The average molecular weight is 331 g/mol. The molecule has 2 atom stereocenters. The molecule has 1 aromatic rings. The molecule has 2 amide bonds. The first kappa shape index (κ1) is 13.5. The molecule has 18 heavy (non-hydrogen) atoms. The number of thiophene rings is 1. The Morgan fingerprint density at radius 1 is 1.44 bits per heavy atom. The normalized spacial score (nSPS) is 24.3. The molecule has 98 valence electrons. The van der Waals surface area contributed by atoms with Crippen LogP contribution in [-0.4, -0.2) is 28.8 Å². The highest BCUT2D eigenvalue weighted by Crippen LogP contribution is 2.25. The van der Waals surface area contributed by atoms with E-state index in [-0.39, 0.29) is 17.9 Å². The molecule has 1 fully saturated rings. The Hall–Kier alpha value is -0.880. The van der Waals surface area contributed by atoms with Crippen molar-refractivity contribution in [3.05, 3.63) is 20.8 Å². The maximum Gasteiger partial charge on any atom is 0.245 e. The number of carbonyl (C=O) groups excluding carboxylic acids is 2. The molecule has 4 nitrogen and oxygen atoms in total. The molecule has 1 aliphatic rings. The molecule has 6 heteroatoms. The van der Waals surface area contributed by atoms with Gasteiger partial charge in [0.1, 0.15) is 12.1 Å². The van der Waals surface area contributed by atoms with Crippen molar-refractivity contribution in [1.29, 1.82) is 0 Å². The molecular weight excluding hydrogens is 316 g/mol.